The van der Waals surface area contributed by atoms with E-state index in [-0.39, 0.29) is 4.90 Å². The van der Waals surface area contributed by atoms with Crippen molar-refractivity contribution in [3.05, 3.63) is 36.4 Å². The maximum absolute atomic E-state index is 12.2. The van der Waals surface area contributed by atoms with Crippen LogP contribution in [0.5, 0.6) is 5.75 Å². The molecular formula is C15H18N2O3S. The third-order valence-electron chi connectivity index (χ3n) is 3.92. The predicted octanol–water partition coefficient (Wildman–Crippen LogP) is 2.32. The average Bonchev–Trinajstić information content (AvgIpc) is 2.81. The monoisotopic (exact) mass is 306 g/mol. The highest BCUT2D eigenvalue weighted by Crippen LogP contribution is 2.40. The number of sulfonamides is 1. The molecule has 0 unspecified atom stereocenters. The van der Waals surface area contributed by atoms with Crippen LogP contribution in [0.25, 0.3) is 0 Å². The van der Waals surface area contributed by atoms with Crippen molar-refractivity contribution in [2.45, 2.75) is 24.7 Å². The highest BCUT2D eigenvalue weighted by molar-refractivity contribution is 7.89. The van der Waals surface area contributed by atoms with Crippen LogP contribution in [0.15, 0.2) is 46.4 Å². The number of fused-ring (bicyclic) bond motifs is 1. The summed E-state index contributed by atoms with van der Waals surface area (Å²) in [5, 5.41) is 4.09. The smallest absolute Gasteiger partial charge is 0.276 e. The Morgan fingerprint density at radius 3 is 2.76 bits per heavy atom. The van der Waals surface area contributed by atoms with Gasteiger partial charge in [0.25, 0.3) is 10.0 Å². The van der Waals surface area contributed by atoms with Gasteiger partial charge in [0.2, 0.25) is 0 Å². The van der Waals surface area contributed by atoms with Crippen LogP contribution in [0.2, 0.25) is 0 Å². The van der Waals surface area contributed by atoms with Crippen LogP contribution in [0.4, 0.5) is 0 Å². The molecule has 0 heterocycles. The zero-order chi connectivity index (χ0) is 14.9. The highest BCUT2D eigenvalue weighted by atomic mass is 32.2. The molecule has 1 N–H and O–H groups in total. The molecule has 21 heavy (non-hydrogen) atoms. The maximum atomic E-state index is 12.2. The molecule has 0 amide bonds. The van der Waals surface area contributed by atoms with E-state index >= 15 is 0 Å². The predicted molar refractivity (Wildman–Crippen MR) is 80.7 cm³/mol. The highest BCUT2D eigenvalue weighted by Gasteiger charge is 2.38. The Morgan fingerprint density at radius 2 is 2.10 bits per heavy atom. The molecule has 0 saturated heterocycles. The summed E-state index contributed by atoms with van der Waals surface area (Å²) in [6.07, 6.45) is 6.14. The third kappa shape index (κ3) is 2.81. The topological polar surface area (TPSA) is 67.8 Å². The van der Waals surface area contributed by atoms with E-state index in [0.717, 1.165) is 18.6 Å². The van der Waals surface area contributed by atoms with Gasteiger partial charge in [-0.15, -0.1) is 0 Å². The van der Waals surface area contributed by atoms with Crippen molar-refractivity contribution in [1.82, 2.24) is 4.83 Å². The zero-order valence-corrected chi connectivity index (χ0v) is 12.6. The number of nitrogens with zero attached hydrogens (tertiary/aromatic N) is 1. The molecule has 1 aromatic rings. The molecule has 0 bridgehead atoms. The number of ether oxygens (including phenoxy) is 1. The first-order valence-electron chi connectivity index (χ1n) is 7.08. The molecule has 0 spiro atoms. The van der Waals surface area contributed by atoms with E-state index in [1.54, 1.807) is 12.1 Å². The normalized spacial score (nSPS) is 25.5. The number of hydrogen-bond acceptors (Lipinski definition) is 4. The molecule has 1 aromatic carbocycles. The minimum atomic E-state index is -3.61. The van der Waals surface area contributed by atoms with Crippen LogP contribution in [-0.2, 0) is 10.0 Å². The van der Waals surface area contributed by atoms with E-state index in [1.807, 2.05) is 6.92 Å². The van der Waals surface area contributed by atoms with Crippen molar-refractivity contribution in [3.63, 3.8) is 0 Å². The summed E-state index contributed by atoms with van der Waals surface area (Å²) in [5.41, 5.74) is 0.944. The van der Waals surface area contributed by atoms with Crippen molar-refractivity contribution in [2.24, 2.45) is 16.9 Å². The van der Waals surface area contributed by atoms with Gasteiger partial charge >= 0.3 is 0 Å². The summed E-state index contributed by atoms with van der Waals surface area (Å²) in [6, 6.07) is 6.33. The minimum absolute atomic E-state index is 0.190. The molecule has 2 atom stereocenters. The number of benzene rings is 1. The second-order valence-corrected chi connectivity index (χ2v) is 6.90. The molecule has 112 valence electrons. The molecular weight excluding hydrogens is 288 g/mol. The number of rotatable bonds is 5. The van der Waals surface area contributed by atoms with Crippen LogP contribution in [-0.4, -0.2) is 20.7 Å². The van der Waals surface area contributed by atoms with E-state index in [9.17, 15) is 8.42 Å². The van der Waals surface area contributed by atoms with Crippen LogP contribution in [0, 0.1) is 11.8 Å². The minimum Gasteiger partial charge on any atom is -0.494 e. The molecule has 0 aliphatic heterocycles. The zero-order valence-electron chi connectivity index (χ0n) is 11.8. The first-order valence-corrected chi connectivity index (χ1v) is 8.56. The van der Waals surface area contributed by atoms with E-state index in [4.69, 9.17) is 4.74 Å². The summed E-state index contributed by atoms with van der Waals surface area (Å²) in [4.78, 5) is 2.52. The van der Waals surface area contributed by atoms with Crippen LogP contribution in [0.3, 0.4) is 0 Å². The second kappa shape index (κ2) is 5.52. The fourth-order valence-corrected chi connectivity index (χ4v) is 3.55. The Hall–Kier alpha value is -1.82. The number of nitrogens with one attached hydrogen (secondary N) is 1. The molecule has 6 heteroatoms. The number of hydrazone groups is 1. The number of hydrogen-bond donors (Lipinski definition) is 1. The lowest BCUT2D eigenvalue weighted by molar-refractivity contribution is 0.340. The summed E-state index contributed by atoms with van der Waals surface area (Å²) in [6.45, 7) is 2.43. The Balaban J connectivity index is 1.68. The van der Waals surface area contributed by atoms with Gasteiger partial charge in [0.05, 0.1) is 11.5 Å². The molecule has 0 aromatic heterocycles. The summed E-state index contributed by atoms with van der Waals surface area (Å²) < 4.78 is 29.6. The maximum Gasteiger partial charge on any atom is 0.276 e. The number of allylic oxidation sites excluding steroid dienone is 2. The fraction of sp³-hybridized carbons (Fsp3) is 0.400. The summed E-state index contributed by atoms with van der Waals surface area (Å²) in [5.74, 6) is 1.60. The van der Waals surface area contributed by atoms with Crippen molar-refractivity contribution >= 4 is 15.7 Å². The molecule has 5 nitrogen and oxygen atoms in total. The van der Waals surface area contributed by atoms with E-state index in [1.165, 1.54) is 12.1 Å². The third-order valence-corrected chi connectivity index (χ3v) is 5.14. The van der Waals surface area contributed by atoms with Gasteiger partial charge < -0.3 is 4.74 Å². The van der Waals surface area contributed by atoms with Crippen molar-refractivity contribution in [3.8, 4) is 5.75 Å². The van der Waals surface area contributed by atoms with E-state index in [2.05, 4.69) is 22.1 Å². The molecule has 1 saturated carbocycles. The Morgan fingerprint density at radius 1 is 1.33 bits per heavy atom. The van der Waals surface area contributed by atoms with Gasteiger partial charge in [-0.25, -0.2) is 4.83 Å². The molecule has 1 fully saturated rings. The van der Waals surface area contributed by atoms with Crippen molar-refractivity contribution in [1.29, 1.82) is 0 Å². The van der Waals surface area contributed by atoms with Crippen LogP contribution < -0.4 is 9.57 Å². The van der Waals surface area contributed by atoms with Gasteiger partial charge in [0.15, 0.2) is 0 Å². The standard InChI is InChI=1S/C15H18N2O3S/c1-2-20-12-6-8-13(9-7-12)21(18,19)17-16-15-10-11-4-3-5-14(11)15/h3-4,6-9,11,14,17H,2,5,10H2,1H3/b16-15+/t11-,14+/m1/s1. The Kier molecular flexibility index (Phi) is 3.71. The van der Waals surface area contributed by atoms with Gasteiger partial charge in [-0.1, -0.05) is 12.2 Å². The molecule has 3 rings (SSSR count). The first-order chi connectivity index (χ1) is 10.1. The Bertz CT molecular complexity index is 677. The average molecular weight is 306 g/mol. The first kappa shape index (κ1) is 14.1. The Labute approximate surface area is 124 Å². The quantitative estimate of drug-likeness (QED) is 0.670. The van der Waals surface area contributed by atoms with Crippen molar-refractivity contribution < 1.29 is 13.2 Å². The largest absolute Gasteiger partial charge is 0.494 e. The lowest BCUT2D eigenvalue weighted by atomic mass is 9.74. The summed E-state index contributed by atoms with van der Waals surface area (Å²) in [7, 11) is -3.61. The fourth-order valence-electron chi connectivity index (χ4n) is 2.72. The van der Waals surface area contributed by atoms with Crippen LogP contribution in [0.1, 0.15) is 19.8 Å². The van der Waals surface area contributed by atoms with Gasteiger partial charge in [0.1, 0.15) is 5.75 Å². The van der Waals surface area contributed by atoms with Gasteiger partial charge in [0, 0.05) is 11.6 Å². The van der Waals surface area contributed by atoms with Gasteiger partial charge in [-0.2, -0.15) is 13.5 Å². The molecule has 2 aliphatic rings. The van der Waals surface area contributed by atoms with E-state index < -0.39 is 10.0 Å². The van der Waals surface area contributed by atoms with E-state index in [0.29, 0.717) is 24.2 Å². The summed E-state index contributed by atoms with van der Waals surface area (Å²) >= 11 is 0. The van der Waals surface area contributed by atoms with Gasteiger partial charge in [-0.05, 0) is 49.9 Å². The second-order valence-electron chi connectivity index (χ2n) is 5.24. The van der Waals surface area contributed by atoms with Gasteiger partial charge in [-0.3, -0.25) is 0 Å². The lowest BCUT2D eigenvalue weighted by Crippen LogP contribution is -2.35. The SMILES string of the molecule is CCOc1ccc(S(=O)(=O)N/N=C2\C[C@H]3C=CC[C@H]23)cc1. The molecule has 2 aliphatic carbocycles. The van der Waals surface area contributed by atoms with Crippen molar-refractivity contribution in [2.75, 3.05) is 6.61 Å². The van der Waals surface area contributed by atoms with Crippen LogP contribution >= 0.6 is 0 Å². The molecule has 0 radical (unpaired) electrons. The lowest BCUT2D eigenvalue weighted by Gasteiger charge is -2.31.